The number of anilines is 1. The van der Waals surface area contributed by atoms with Crippen molar-refractivity contribution in [2.24, 2.45) is 0 Å². The monoisotopic (exact) mass is 416 g/mol. The van der Waals surface area contributed by atoms with Crippen molar-refractivity contribution < 1.29 is 4.79 Å². The second-order valence-electron chi connectivity index (χ2n) is 6.04. The first kappa shape index (κ1) is 18.0. The molecule has 0 saturated heterocycles. The number of carbonyl (C=O) groups is 1. The van der Waals surface area contributed by atoms with Crippen molar-refractivity contribution in [3.63, 3.8) is 0 Å². The Labute approximate surface area is 169 Å². The Morgan fingerprint density at radius 3 is 2.89 bits per heavy atom. The molecular weight excluding hydrogens is 403 g/mol. The van der Waals surface area contributed by atoms with E-state index in [0.29, 0.717) is 26.6 Å². The van der Waals surface area contributed by atoms with Gasteiger partial charge in [0, 0.05) is 28.4 Å². The predicted molar refractivity (Wildman–Crippen MR) is 110 cm³/mol. The van der Waals surface area contributed by atoms with E-state index in [1.807, 2.05) is 47.3 Å². The topological polar surface area (TPSA) is 59.3 Å². The lowest BCUT2D eigenvalue weighted by molar-refractivity contribution is -0.115. The summed E-state index contributed by atoms with van der Waals surface area (Å²) < 4.78 is 1.92. The molecule has 1 aromatic carbocycles. The van der Waals surface area contributed by atoms with Crippen molar-refractivity contribution in [3.8, 4) is 11.3 Å². The largest absolute Gasteiger partial charge is 0.307 e. The fourth-order valence-electron chi connectivity index (χ4n) is 2.77. The summed E-state index contributed by atoms with van der Waals surface area (Å²) in [7, 11) is 0. The number of nitrogens with zero attached hydrogens (tertiary/aromatic N) is 3. The van der Waals surface area contributed by atoms with Crippen LogP contribution >= 0.6 is 34.5 Å². The number of pyridine rings is 1. The minimum Gasteiger partial charge on any atom is -0.307 e. The molecule has 0 aliphatic rings. The zero-order valence-corrected chi connectivity index (χ0v) is 16.6. The Kier molecular flexibility index (Phi) is 4.86. The number of aryl methyl sites for hydroxylation is 1. The number of imidazole rings is 1. The zero-order chi connectivity index (χ0) is 19.0. The molecule has 0 atom stereocenters. The first-order valence-electron chi connectivity index (χ1n) is 8.13. The van der Waals surface area contributed by atoms with Gasteiger partial charge >= 0.3 is 0 Å². The highest BCUT2D eigenvalue weighted by atomic mass is 35.5. The van der Waals surface area contributed by atoms with Crippen molar-refractivity contribution in [1.82, 2.24) is 14.4 Å². The van der Waals surface area contributed by atoms with Gasteiger partial charge < -0.3 is 9.72 Å². The Bertz CT molecular complexity index is 1150. The van der Waals surface area contributed by atoms with E-state index >= 15 is 0 Å². The Morgan fingerprint density at radius 1 is 1.26 bits per heavy atom. The van der Waals surface area contributed by atoms with E-state index in [9.17, 15) is 4.79 Å². The Hall–Kier alpha value is -2.41. The van der Waals surface area contributed by atoms with Crippen molar-refractivity contribution in [2.45, 2.75) is 13.3 Å². The van der Waals surface area contributed by atoms with Gasteiger partial charge in [0.25, 0.3) is 0 Å². The molecule has 0 spiro atoms. The van der Waals surface area contributed by atoms with Crippen LogP contribution in [-0.4, -0.2) is 20.3 Å². The quantitative estimate of drug-likeness (QED) is 0.493. The maximum Gasteiger partial charge on any atom is 0.232 e. The van der Waals surface area contributed by atoms with Crippen LogP contribution in [0.1, 0.15) is 11.3 Å². The molecule has 0 saturated carbocycles. The molecule has 4 aromatic rings. The first-order valence-corrected chi connectivity index (χ1v) is 9.77. The molecule has 0 radical (unpaired) electrons. The molecule has 5 nitrogen and oxygen atoms in total. The number of hydrogen-bond acceptors (Lipinski definition) is 4. The van der Waals surface area contributed by atoms with E-state index in [0.717, 1.165) is 16.8 Å². The number of fused-ring (bicyclic) bond motifs is 1. The molecule has 3 aromatic heterocycles. The second-order valence-corrected chi connectivity index (χ2v) is 7.74. The highest BCUT2D eigenvalue weighted by molar-refractivity contribution is 7.14. The van der Waals surface area contributed by atoms with Crippen LogP contribution in [0.4, 0.5) is 5.13 Å². The average Bonchev–Trinajstić information content (AvgIpc) is 3.22. The lowest BCUT2D eigenvalue weighted by Gasteiger charge is -2.01. The number of hydrogen-bond donors (Lipinski definition) is 1. The van der Waals surface area contributed by atoms with E-state index in [1.54, 1.807) is 12.1 Å². The summed E-state index contributed by atoms with van der Waals surface area (Å²) in [6.45, 7) is 1.99. The van der Waals surface area contributed by atoms with Gasteiger partial charge in [-0.3, -0.25) is 4.79 Å². The smallest absolute Gasteiger partial charge is 0.232 e. The SMILES string of the molecule is Cc1cccn2cc(CC(=O)Nc3nc(-c4ccc(Cl)cc4Cl)cs3)nc12. The Balaban J connectivity index is 1.48. The molecule has 0 aliphatic carbocycles. The lowest BCUT2D eigenvalue weighted by Crippen LogP contribution is -2.14. The predicted octanol–water partition coefficient (Wildman–Crippen LogP) is 5.25. The molecule has 0 unspecified atom stereocenters. The van der Waals surface area contributed by atoms with Gasteiger partial charge in [0.05, 0.1) is 22.8 Å². The van der Waals surface area contributed by atoms with E-state index in [-0.39, 0.29) is 12.3 Å². The lowest BCUT2D eigenvalue weighted by atomic mass is 10.2. The van der Waals surface area contributed by atoms with Crippen molar-refractivity contribution in [3.05, 3.63) is 69.4 Å². The molecule has 27 heavy (non-hydrogen) atoms. The molecule has 8 heteroatoms. The number of amides is 1. The number of benzene rings is 1. The third kappa shape index (κ3) is 3.83. The molecule has 136 valence electrons. The van der Waals surface area contributed by atoms with Crippen molar-refractivity contribution in [2.75, 3.05) is 5.32 Å². The highest BCUT2D eigenvalue weighted by Gasteiger charge is 2.13. The van der Waals surface area contributed by atoms with Gasteiger partial charge in [0.2, 0.25) is 5.91 Å². The normalized spacial score (nSPS) is 11.1. The number of carbonyl (C=O) groups excluding carboxylic acids is 1. The zero-order valence-electron chi connectivity index (χ0n) is 14.2. The molecule has 0 fully saturated rings. The van der Waals surface area contributed by atoms with Crippen LogP contribution in [0.15, 0.2) is 48.1 Å². The molecular formula is C19H14Cl2N4OS. The maximum atomic E-state index is 12.4. The van der Waals surface area contributed by atoms with Crippen LogP contribution in [0.2, 0.25) is 10.0 Å². The average molecular weight is 417 g/mol. The standard InChI is InChI=1S/C19H14Cl2N4OS/c1-11-3-2-6-25-9-13(22-18(11)25)8-17(26)24-19-23-16(10-27-19)14-5-4-12(20)7-15(14)21/h2-7,9-10H,8H2,1H3,(H,23,24,26). The van der Waals surface area contributed by atoms with Gasteiger partial charge in [0.15, 0.2) is 5.13 Å². The summed E-state index contributed by atoms with van der Waals surface area (Å²) in [6, 6.07) is 9.18. The number of halogens is 2. The number of nitrogens with one attached hydrogen (secondary N) is 1. The van der Waals surface area contributed by atoms with Crippen molar-refractivity contribution >= 4 is 51.2 Å². The number of aromatic nitrogens is 3. The van der Waals surface area contributed by atoms with Gasteiger partial charge in [-0.2, -0.15) is 0 Å². The minimum absolute atomic E-state index is 0.167. The summed E-state index contributed by atoms with van der Waals surface area (Å²) in [5.41, 5.74) is 4.09. The molecule has 0 bridgehead atoms. The second kappa shape index (κ2) is 7.31. The first-order chi connectivity index (χ1) is 13.0. The number of rotatable bonds is 4. The van der Waals surface area contributed by atoms with Gasteiger partial charge in [-0.15, -0.1) is 11.3 Å². The van der Waals surface area contributed by atoms with Crippen molar-refractivity contribution in [1.29, 1.82) is 0 Å². The van der Waals surface area contributed by atoms with E-state index in [2.05, 4.69) is 15.3 Å². The third-order valence-corrected chi connectivity index (χ3v) is 5.33. The molecule has 4 rings (SSSR count). The van der Waals surface area contributed by atoms with Crippen LogP contribution in [0, 0.1) is 6.92 Å². The van der Waals surface area contributed by atoms with Gasteiger partial charge in [-0.25, -0.2) is 9.97 Å². The molecule has 0 aliphatic heterocycles. The van der Waals surface area contributed by atoms with Gasteiger partial charge in [-0.05, 0) is 36.8 Å². The summed E-state index contributed by atoms with van der Waals surface area (Å²) >= 11 is 13.5. The van der Waals surface area contributed by atoms with Crippen LogP contribution < -0.4 is 5.32 Å². The van der Waals surface area contributed by atoms with E-state index in [4.69, 9.17) is 23.2 Å². The Morgan fingerprint density at radius 2 is 2.11 bits per heavy atom. The summed E-state index contributed by atoms with van der Waals surface area (Å²) in [5, 5.41) is 6.27. The van der Waals surface area contributed by atoms with Crippen LogP contribution in [0.3, 0.4) is 0 Å². The maximum absolute atomic E-state index is 12.4. The fourth-order valence-corrected chi connectivity index (χ4v) is 4.00. The molecule has 1 N–H and O–H groups in total. The number of thiazole rings is 1. The van der Waals surface area contributed by atoms with Crippen LogP contribution in [-0.2, 0) is 11.2 Å². The van der Waals surface area contributed by atoms with E-state index < -0.39 is 0 Å². The summed E-state index contributed by atoms with van der Waals surface area (Å²) in [4.78, 5) is 21.3. The third-order valence-electron chi connectivity index (χ3n) is 4.03. The fraction of sp³-hybridized carbons (Fsp3) is 0.105. The molecule has 3 heterocycles. The molecule has 1 amide bonds. The van der Waals surface area contributed by atoms with E-state index in [1.165, 1.54) is 11.3 Å². The minimum atomic E-state index is -0.167. The van der Waals surface area contributed by atoms with Gasteiger partial charge in [0.1, 0.15) is 5.65 Å². The van der Waals surface area contributed by atoms with Gasteiger partial charge in [-0.1, -0.05) is 29.3 Å². The summed E-state index contributed by atoms with van der Waals surface area (Å²) in [6.07, 6.45) is 3.96. The summed E-state index contributed by atoms with van der Waals surface area (Å²) in [5.74, 6) is -0.167. The highest BCUT2D eigenvalue weighted by Crippen LogP contribution is 2.32. The van der Waals surface area contributed by atoms with Crippen LogP contribution in [0.5, 0.6) is 0 Å². The van der Waals surface area contributed by atoms with Crippen LogP contribution in [0.25, 0.3) is 16.9 Å².